The number of benzene rings is 4. The van der Waals surface area contributed by atoms with E-state index in [4.69, 9.17) is 25.9 Å². The lowest BCUT2D eigenvalue weighted by molar-refractivity contribution is -0.287. The molecule has 11 rings (SSSR count). The largest absolute Gasteiger partial charge is 0.586 e. The van der Waals surface area contributed by atoms with Crippen LogP contribution < -0.4 is 24.4 Å². The topological polar surface area (TPSA) is 156 Å². The SMILES string of the molecule is CC(C)(O)c1ccc(B2OC(C)(C)C(C)(C)O2)cc1.Cc1ccc(CC(=O)C2(c3ccc4c(c3)OC(F)(F)O4)CC2)nc1-c1ccc(C(C)(C)O)cc1.Cc1ccc(CC(=O)C2(c3ccc4c(c3)OC(F)(F)O4)CC2)nc1Cl. The fourth-order valence-corrected chi connectivity index (χ4v) is 9.70. The molecule has 18 heteroatoms. The van der Waals surface area contributed by atoms with Crippen LogP contribution in [0.2, 0.25) is 5.15 Å². The molecule has 5 aliphatic rings. The number of pyridine rings is 2. The molecule has 2 N–H and O–H groups in total. The van der Waals surface area contributed by atoms with Gasteiger partial charge in [0.2, 0.25) is 0 Å². The van der Waals surface area contributed by atoms with Gasteiger partial charge in [-0.05, 0) is 170 Å². The highest BCUT2D eigenvalue weighted by Gasteiger charge is 2.54. The summed E-state index contributed by atoms with van der Waals surface area (Å²) in [4.78, 5) is 35.1. The third-order valence-corrected chi connectivity index (χ3v) is 15.8. The number of rotatable bonds is 12. The number of fused-ring (bicyclic) bond motifs is 2. The van der Waals surface area contributed by atoms with Crippen LogP contribution in [0.15, 0.2) is 109 Å². The van der Waals surface area contributed by atoms with Gasteiger partial charge in [-0.15, -0.1) is 17.6 Å². The summed E-state index contributed by atoms with van der Waals surface area (Å²) in [5, 5.41) is 20.5. The van der Waals surface area contributed by atoms with Crippen LogP contribution in [-0.2, 0) is 53.8 Å². The van der Waals surface area contributed by atoms with Gasteiger partial charge in [0.05, 0.1) is 38.9 Å². The first-order valence-corrected chi connectivity index (χ1v) is 26.1. The maximum absolute atomic E-state index is 13.4. The Hall–Kier alpha value is -6.37. The van der Waals surface area contributed by atoms with E-state index in [1.54, 1.807) is 45.9 Å². The number of carbonyl (C=O) groups excluding carboxylic acids is 2. The zero-order valence-corrected chi connectivity index (χ0v) is 45.9. The Morgan fingerprint density at radius 1 is 0.564 bits per heavy atom. The molecule has 4 aromatic carbocycles. The van der Waals surface area contributed by atoms with Gasteiger partial charge < -0.3 is 38.5 Å². The second kappa shape index (κ2) is 20.1. The van der Waals surface area contributed by atoms with E-state index >= 15 is 0 Å². The second-order valence-electron chi connectivity index (χ2n) is 22.8. The summed E-state index contributed by atoms with van der Waals surface area (Å²) in [5.41, 5.74) is 4.94. The van der Waals surface area contributed by atoms with Gasteiger partial charge in [0, 0.05) is 29.8 Å². The minimum Gasteiger partial charge on any atom is -0.399 e. The van der Waals surface area contributed by atoms with Crippen molar-refractivity contribution in [3.8, 4) is 34.3 Å². The molecule has 0 amide bonds. The summed E-state index contributed by atoms with van der Waals surface area (Å²) >= 11 is 6.01. The van der Waals surface area contributed by atoms with Gasteiger partial charge in [-0.1, -0.05) is 84.4 Å². The van der Waals surface area contributed by atoms with Gasteiger partial charge in [-0.25, -0.2) is 4.98 Å². The van der Waals surface area contributed by atoms with E-state index in [1.807, 2.05) is 108 Å². The van der Waals surface area contributed by atoms with Crippen LogP contribution in [0.4, 0.5) is 17.6 Å². The summed E-state index contributed by atoms with van der Waals surface area (Å²) in [6, 6.07) is 31.8. The number of hydrogen-bond donors (Lipinski definition) is 2. The quantitative estimate of drug-likeness (QED) is 0.0680. The monoisotopic (exact) mass is 1090 g/mol. The molecule has 1 saturated heterocycles. The zero-order chi connectivity index (χ0) is 56.6. The van der Waals surface area contributed by atoms with Crippen molar-refractivity contribution in [2.75, 3.05) is 0 Å². The van der Waals surface area contributed by atoms with Gasteiger partial charge in [-0.3, -0.25) is 14.6 Å². The Kier molecular flexibility index (Phi) is 14.5. The fraction of sp³-hybridized carbons (Fsp3) is 0.400. The Morgan fingerprint density at radius 2 is 0.962 bits per heavy atom. The maximum atomic E-state index is 13.4. The van der Waals surface area contributed by atoms with Crippen LogP contribution in [0.3, 0.4) is 0 Å². The number of hydrogen-bond acceptors (Lipinski definition) is 12. The van der Waals surface area contributed by atoms with E-state index in [0.29, 0.717) is 53.4 Å². The molecule has 3 aliphatic heterocycles. The minimum absolute atomic E-state index is 0.00203. The standard InChI is InChI=1S/C27H25F2NO4.C18H14ClF2NO3.C15H23BO3/c1-16-4-10-20(30-24(16)17-5-7-18(8-6-17)25(2,3)32)15-23(31)26(12-13-26)19-9-11-21-22(14-19)34-27(28,29)33-21;1-10-2-4-12(22-16(10)19)9-15(23)17(6-7-17)11-3-5-13-14(8-11)25-18(20,21)24-13;1-13(2,17)11-7-9-12(10-8-11)16-18-14(3,4)15(5,6)19-16/h4-11,14,32H,12-13,15H2,1-3H3;2-5,8H,6-7,9H2,1H3;7-10,17H,1-6H3. The number of alkyl halides is 4. The van der Waals surface area contributed by atoms with Crippen LogP contribution >= 0.6 is 11.6 Å². The molecule has 12 nitrogen and oxygen atoms in total. The minimum atomic E-state index is -3.69. The molecule has 0 spiro atoms. The average molecular weight is 1090 g/mol. The molecule has 2 aliphatic carbocycles. The third-order valence-electron chi connectivity index (χ3n) is 15.4. The van der Waals surface area contributed by atoms with Gasteiger partial charge >= 0.3 is 19.7 Å². The Balaban J connectivity index is 0.000000149. The fourth-order valence-electron chi connectivity index (χ4n) is 9.53. The van der Waals surface area contributed by atoms with Crippen molar-refractivity contribution in [3.63, 3.8) is 0 Å². The highest BCUT2D eigenvalue weighted by molar-refractivity contribution is 6.62. The predicted molar refractivity (Wildman–Crippen MR) is 286 cm³/mol. The Bertz CT molecular complexity index is 3260. The number of aryl methyl sites for hydroxylation is 2. The Morgan fingerprint density at radius 3 is 1.37 bits per heavy atom. The highest BCUT2D eigenvalue weighted by Crippen LogP contribution is 2.54. The smallest absolute Gasteiger partial charge is 0.399 e. The van der Waals surface area contributed by atoms with Crippen molar-refractivity contribution in [1.82, 2.24) is 9.97 Å². The molecule has 0 unspecified atom stereocenters. The van der Waals surface area contributed by atoms with Gasteiger partial charge in [0.1, 0.15) is 16.7 Å². The lowest BCUT2D eigenvalue weighted by Gasteiger charge is -2.32. The molecule has 3 fully saturated rings. The molecule has 0 radical (unpaired) electrons. The van der Waals surface area contributed by atoms with Crippen LogP contribution in [0.1, 0.15) is 126 Å². The molecule has 0 bridgehead atoms. The van der Waals surface area contributed by atoms with E-state index in [2.05, 4.69) is 23.9 Å². The number of halogens is 5. The molecular weight excluding hydrogens is 1030 g/mol. The number of ketones is 2. The molecule has 6 aromatic rings. The lowest BCUT2D eigenvalue weighted by atomic mass is 9.78. The van der Waals surface area contributed by atoms with E-state index in [1.165, 1.54) is 24.3 Å². The first-order valence-electron chi connectivity index (χ1n) is 25.8. The first kappa shape index (κ1) is 56.4. The van der Waals surface area contributed by atoms with Crippen molar-refractivity contribution in [2.45, 2.75) is 154 Å². The number of carbonyl (C=O) groups is 2. The molecule has 5 heterocycles. The van der Waals surface area contributed by atoms with Crippen molar-refractivity contribution in [2.24, 2.45) is 0 Å². The molecular formula is C60H62BClF4N2O10. The maximum Gasteiger partial charge on any atom is 0.586 e. The summed E-state index contributed by atoms with van der Waals surface area (Å²) in [5.74, 6) is -0.158. The van der Waals surface area contributed by atoms with Gasteiger partial charge in [0.25, 0.3) is 0 Å². The first-order chi connectivity index (χ1) is 36.3. The number of Topliss-reactive ketones (excluding diaryl/α,β-unsaturated/α-hetero) is 2. The van der Waals surface area contributed by atoms with Crippen LogP contribution in [0.25, 0.3) is 11.3 Å². The summed E-state index contributed by atoms with van der Waals surface area (Å²) in [6.45, 7) is 19.0. The van der Waals surface area contributed by atoms with Crippen molar-refractivity contribution >= 4 is 35.7 Å². The second-order valence-corrected chi connectivity index (χ2v) is 23.2. The summed E-state index contributed by atoms with van der Waals surface area (Å²) in [6.07, 6.45) is -4.43. The molecule has 0 atom stereocenters. The molecule has 78 heavy (non-hydrogen) atoms. The number of nitrogens with zero attached hydrogens (tertiary/aromatic N) is 2. The molecule has 410 valence electrons. The number of ether oxygens (including phenoxy) is 4. The Labute approximate surface area is 456 Å². The highest BCUT2D eigenvalue weighted by atomic mass is 35.5. The van der Waals surface area contributed by atoms with E-state index < -0.39 is 34.6 Å². The predicted octanol–water partition coefficient (Wildman–Crippen LogP) is 11.9. The van der Waals surface area contributed by atoms with E-state index in [-0.39, 0.29) is 65.7 Å². The van der Waals surface area contributed by atoms with Crippen LogP contribution in [0, 0.1) is 13.8 Å². The number of aromatic nitrogens is 2. The average Bonchev–Trinajstić information content (AvgIpc) is 4.44. The molecule has 2 saturated carbocycles. The zero-order valence-electron chi connectivity index (χ0n) is 45.2. The van der Waals surface area contributed by atoms with Crippen LogP contribution in [0.5, 0.6) is 23.0 Å². The normalized spacial score (nSPS) is 19.0. The van der Waals surface area contributed by atoms with Crippen molar-refractivity contribution in [1.29, 1.82) is 0 Å². The van der Waals surface area contributed by atoms with Gasteiger partial charge in [-0.2, -0.15) is 0 Å². The van der Waals surface area contributed by atoms with Crippen molar-refractivity contribution in [3.05, 3.63) is 159 Å². The number of aliphatic hydroxyl groups is 2. The van der Waals surface area contributed by atoms with Crippen molar-refractivity contribution < 1.29 is 65.6 Å². The molecule has 2 aromatic heterocycles. The van der Waals surface area contributed by atoms with E-state index in [0.717, 1.165) is 39.0 Å². The summed E-state index contributed by atoms with van der Waals surface area (Å²) < 4.78 is 83.0. The van der Waals surface area contributed by atoms with Gasteiger partial charge in [0.15, 0.2) is 23.0 Å². The summed E-state index contributed by atoms with van der Waals surface area (Å²) in [7, 11) is -0.346. The lowest BCUT2D eigenvalue weighted by Crippen LogP contribution is -2.41. The van der Waals surface area contributed by atoms with E-state index in [9.17, 15) is 37.4 Å². The third kappa shape index (κ3) is 11.8. The van der Waals surface area contributed by atoms with Crippen LogP contribution in [-0.4, -0.2) is 62.7 Å².